The molecule has 0 N–H and O–H groups in total. The van der Waals surface area contributed by atoms with E-state index in [1.165, 1.54) is 0 Å². The predicted molar refractivity (Wildman–Crippen MR) is 116 cm³/mol. The van der Waals surface area contributed by atoms with Gasteiger partial charge in [0.05, 0.1) is 7.11 Å². The Labute approximate surface area is 184 Å². The summed E-state index contributed by atoms with van der Waals surface area (Å²) in [5.41, 5.74) is 5.98. The van der Waals surface area contributed by atoms with Crippen LogP contribution in [0.4, 0.5) is 0 Å². The van der Waals surface area contributed by atoms with E-state index >= 15 is 0 Å². The lowest BCUT2D eigenvalue weighted by atomic mass is 9.60. The lowest BCUT2D eigenvalue weighted by Gasteiger charge is -2.42. The summed E-state index contributed by atoms with van der Waals surface area (Å²) in [7, 11) is 1.62. The minimum Gasteiger partial charge on any atom is -0.497 e. The van der Waals surface area contributed by atoms with Crippen LogP contribution in [-0.2, 0) is 0 Å². The Bertz CT molecular complexity index is 1590. The van der Waals surface area contributed by atoms with Crippen LogP contribution in [0.1, 0.15) is 45.2 Å². The molecule has 3 aromatic rings. The molecule has 0 saturated carbocycles. The van der Waals surface area contributed by atoms with Crippen LogP contribution in [0, 0.1) is 45.3 Å². The van der Waals surface area contributed by atoms with Crippen molar-refractivity contribution in [1.82, 2.24) is 0 Å². The van der Waals surface area contributed by atoms with Crippen LogP contribution in [0.2, 0.25) is 0 Å². The summed E-state index contributed by atoms with van der Waals surface area (Å²) < 4.78 is 5.48. The predicted octanol–water partition coefficient (Wildman–Crippen LogP) is 3.08. The summed E-state index contributed by atoms with van der Waals surface area (Å²) in [6, 6.07) is 25.5. The van der Waals surface area contributed by atoms with Gasteiger partial charge in [0.2, 0.25) is 0 Å². The van der Waals surface area contributed by atoms with Gasteiger partial charge in [-0.15, -0.1) is 0 Å². The highest BCUT2D eigenvalue weighted by atomic mass is 16.5. The second kappa shape index (κ2) is 7.14. The number of benzene rings is 3. The highest BCUT2D eigenvalue weighted by Gasteiger charge is 2.43. The van der Waals surface area contributed by atoms with Crippen molar-refractivity contribution in [3.8, 4) is 30.0 Å². The standard InChI is InChI=1S/C27H14N4O/c1-32-17-6-7-22-23(10-17)25-21-5-3-2-4-20(21)24(22)26-18(15(11-28)12-29)8-9-19(27(25)26)16(13-30)14-31/h2-10,24-25H,1H3. The molecule has 0 radical (unpaired) electrons. The van der Waals surface area contributed by atoms with Crippen molar-refractivity contribution in [1.29, 1.82) is 21.0 Å². The molecule has 3 aliphatic rings. The zero-order valence-corrected chi connectivity index (χ0v) is 17.0. The molecule has 0 fully saturated rings. The first kappa shape index (κ1) is 19.1. The summed E-state index contributed by atoms with van der Waals surface area (Å²) in [5, 5.41) is 39.7. The van der Waals surface area contributed by atoms with Crippen molar-refractivity contribution < 1.29 is 4.74 Å². The van der Waals surface area contributed by atoms with Gasteiger partial charge >= 0.3 is 0 Å². The van der Waals surface area contributed by atoms with Crippen LogP contribution in [0.5, 0.6) is 5.75 Å². The lowest BCUT2D eigenvalue weighted by molar-refractivity contribution is 0.413. The number of hydrogen-bond donors (Lipinski definition) is 0. The van der Waals surface area contributed by atoms with Crippen molar-refractivity contribution in [3.05, 3.63) is 98.4 Å². The van der Waals surface area contributed by atoms with Crippen LogP contribution in [-0.4, -0.2) is 7.11 Å². The molecule has 0 spiro atoms. The zero-order valence-electron chi connectivity index (χ0n) is 17.0. The molecule has 0 aromatic heterocycles. The van der Waals surface area contributed by atoms with E-state index in [4.69, 9.17) is 4.74 Å². The van der Waals surface area contributed by atoms with Crippen LogP contribution in [0.25, 0.3) is 11.1 Å². The molecule has 3 aromatic carbocycles. The largest absolute Gasteiger partial charge is 0.497 e. The average Bonchev–Trinajstić information content (AvgIpc) is 2.85. The van der Waals surface area contributed by atoms with Crippen molar-refractivity contribution in [2.75, 3.05) is 7.11 Å². The molecule has 0 saturated heterocycles. The minimum absolute atomic E-state index is 0.0118. The Morgan fingerprint density at radius 1 is 0.656 bits per heavy atom. The van der Waals surface area contributed by atoms with Crippen molar-refractivity contribution >= 4 is 11.1 Å². The number of hydrogen-bond acceptors (Lipinski definition) is 5. The Hall–Kier alpha value is -4.84. The second-order valence-electron chi connectivity index (χ2n) is 7.68. The fraction of sp³-hybridized carbons (Fsp3) is 0.111. The van der Waals surface area contributed by atoms with Crippen molar-refractivity contribution in [3.63, 3.8) is 0 Å². The number of nitrogens with zero attached hydrogens (tertiary/aromatic N) is 4. The molecular weight excluding hydrogens is 396 g/mol. The molecule has 6 rings (SSSR count). The van der Waals surface area contributed by atoms with Gasteiger partial charge in [-0.3, -0.25) is 0 Å². The van der Waals surface area contributed by atoms with Crippen LogP contribution < -0.4 is 15.2 Å². The Morgan fingerprint density at radius 3 is 1.59 bits per heavy atom. The maximum absolute atomic E-state index is 9.66. The molecule has 2 atom stereocenters. The Morgan fingerprint density at radius 2 is 1.12 bits per heavy atom. The number of rotatable bonds is 1. The molecule has 32 heavy (non-hydrogen) atoms. The van der Waals surface area contributed by atoms with E-state index < -0.39 is 0 Å². The molecule has 5 heteroatoms. The smallest absolute Gasteiger partial charge is 0.137 e. The highest BCUT2D eigenvalue weighted by molar-refractivity contribution is 5.80. The van der Waals surface area contributed by atoms with Crippen LogP contribution in [0.15, 0.2) is 54.6 Å². The number of ether oxygens (including phenoxy) is 1. The third kappa shape index (κ3) is 2.40. The van der Waals surface area contributed by atoms with E-state index in [0.29, 0.717) is 10.4 Å². The van der Waals surface area contributed by atoms with Gasteiger partial charge < -0.3 is 4.74 Å². The molecular formula is C27H14N4O. The molecule has 148 valence electrons. The normalized spacial score (nSPS) is 16.2. The third-order valence-corrected chi connectivity index (χ3v) is 6.38. The van der Waals surface area contributed by atoms with Gasteiger partial charge in [-0.2, -0.15) is 21.0 Å². The minimum atomic E-state index is -0.249. The van der Waals surface area contributed by atoms with E-state index in [1.54, 1.807) is 19.2 Å². The van der Waals surface area contributed by atoms with E-state index in [0.717, 1.165) is 39.1 Å². The quantitative estimate of drug-likeness (QED) is 0.422. The zero-order chi connectivity index (χ0) is 22.4. The van der Waals surface area contributed by atoms with Gasteiger partial charge in [0.1, 0.15) is 41.2 Å². The molecule has 3 aliphatic carbocycles. The van der Waals surface area contributed by atoms with Crippen molar-refractivity contribution in [2.24, 2.45) is 0 Å². The molecule has 0 heterocycles. The molecule has 0 aliphatic heterocycles. The molecule has 2 unspecified atom stereocenters. The van der Waals surface area contributed by atoms with E-state index in [2.05, 4.69) is 12.1 Å². The second-order valence-corrected chi connectivity index (χ2v) is 7.68. The third-order valence-electron chi connectivity index (χ3n) is 6.38. The van der Waals surface area contributed by atoms with Gasteiger partial charge in [0.15, 0.2) is 0 Å². The summed E-state index contributed by atoms with van der Waals surface area (Å²) in [6.45, 7) is 0. The fourth-order valence-corrected chi connectivity index (χ4v) is 5.17. The number of methoxy groups -OCH3 is 1. The fourth-order valence-electron chi connectivity index (χ4n) is 5.17. The topological polar surface area (TPSA) is 104 Å². The van der Waals surface area contributed by atoms with E-state index in [9.17, 15) is 21.0 Å². The van der Waals surface area contributed by atoms with E-state index in [1.807, 2.05) is 54.6 Å². The summed E-state index contributed by atoms with van der Waals surface area (Å²) in [5.74, 6) is 0.248. The van der Waals surface area contributed by atoms with Gasteiger partial charge in [-0.05, 0) is 45.5 Å². The first-order valence-electron chi connectivity index (χ1n) is 9.96. The van der Waals surface area contributed by atoms with Gasteiger partial charge in [0, 0.05) is 22.3 Å². The van der Waals surface area contributed by atoms with Gasteiger partial charge in [-0.25, -0.2) is 0 Å². The first-order valence-corrected chi connectivity index (χ1v) is 9.96. The first-order chi connectivity index (χ1) is 15.7. The van der Waals surface area contributed by atoms with Crippen molar-refractivity contribution in [2.45, 2.75) is 11.8 Å². The molecule has 0 amide bonds. The summed E-state index contributed by atoms with van der Waals surface area (Å²) in [4.78, 5) is 0. The molecule has 5 nitrogen and oxygen atoms in total. The maximum Gasteiger partial charge on any atom is 0.137 e. The Kier molecular flexibility index (Phi) is 4.27. The lowest BCUT2D eigenvalue weighted by Crippen LogP contribution is -2.38. The summed E-state index contributed by atoms with van der Waals surface area (Å²) in [6.07, 6.45) is 0. The van der Waals surface area contributed by atoms with Crippen LogP contribution >= 0.6 is 0 Å². The van der Waals surface area contributed by atoms with Gasteiger partial charge in [0.25, 0.3) is 0 Å². The Balaban J connectivity index is 2.06. The summed E-state index contributed by atoms with van der Waals surface area (Å²) >= 11 is 0. The SMILES string of the molecule is COc1ccc2c(c1)C1c3ccccc3C2c2c1c(=C(C#N)C#N)ccc2=C(C#N)C#N. The average molecular weight is 410 g/mol. The van der Waals surface area contributed by atoms with Crippen LogP contribution in [0.3, 0.4) is 0 Å². The highest BCUT2D eigenvalue weighted by Crippen LogP contribution is 2.54. The maximum atomic E-state index is 9.66. The molecule has 2 bridgehead atoms. The monoisotopic (exact) mass is 410 g/mol. The number of nitriles is 4. The van der Waals surface area contributed by atoms with E-state index in [-0.39, 0.29) is 23.0 Å². The van der Waals surface area contributed by atoms with Gasteiger partial charge in [-0.1, -0.05) is 42.5 Å².